The number of aromatic nitrogens is 1. The third-order valence-electron chi connectivity index (χ3n) is 5.35. The summed E-state index contributed by atoms with van der Waals surface area (Å²) in [5.74, 6) is 0.642. The van der Waals surface area contributed by atoms with Gasteiger partial charge in [-0.05, 0) is 78.4 Å². The SMILES string of the molecule is C[N+](C)(C)c1ccc(CNC(=O)c2cccc(-c3ccc(Oc4ccc(F)cc4)cc3)n2)cc1. The Labute approximate surface area is 199 Å². The first-order valence-electron chi connectivity index (χ1n) is 11.0. The van der Waals surface area contributed by atoms with Crippen molar-refractivity contribution < 1.29 is 13.9 Å². The standard InChI is InChI=1S/C28H26FN3O2/c1-32(2,3)23-13-7-20(8-14-23)19-30-28(33)27-6-4-5-26(31-27)21-9-15-24(16-10-21)34-25-17-11-22(29)12-18-25/h4-18H,19H2,1-3H3/p+1. The number of carbonyl (C=O) groups excluding carboxylic acids is 1. The van der Waals surface area contributed by atoms with Gasteiger partial charge in [0, 0.05) is 12.1 Å². The second kappa shape index (κ2) is 9.85. The molecule has 0 aliphatic carbocycles. The fourth-order valence-electron chi connectivity index (χ4n) is 3.39. The number of halogens is 1. The van der Waals surface area contributed by atoms with Crippen LogP contribution in [0.2, 0.25) is 0 Å². The zero-order valence-corrected chi connectivity index (χ0v) is 19.5. The van der Waals surface area contributed by atoms with Crippen LogP contribution in [0.1, 0.15) is 16.1 Å². The lowest BCUT2D eigenvalue weighted by Gasteiger charge is -2.23. The van der Waals surface area contributed by atoms with Crippen molar-refractivity contribution in [3.05, 3.63) is 108 Å². The van der Waals surface area contributed by atoms with Gasteiger partial charge in [-0.25, -0.2) is 9.37 Å². The number of carbonyl (C=O) groups is 1. The van der Waals surface area contributed by atoms with Gasteiger partial charge in [0.1, 0.15) is 28.7 Å². The molecule has 172 valence electrons. The van der Waals surface area contributed by atoms with Crippen LogP contribution < -0.4 is 14.5 Å². The molecule has 0 saturated heterocycles. The van der Waals surface area contributed by atoms with Crippen LogP contribution >= 0.6 is 0 Å². The zero-order chi connectivity index (χ0) is 24.1. The summed E-state index contributed by atoms with van der Waals surface area (Å²) >= 11 is 0. The van der Waals surface area contributed by atoms with E-state index in [2.05, 4.69) is 43.6 Å². The van der Waals surface area contributed by atoms with Crippen molar-refractivity contribution in [1.82, 2.24) is 14.8 Å². The van der Waals surface area contributed by atoms with Crippen LogP contribution in [-0.4, -0.2) is 32.0 Å². The first-order valence-corrected chi connectivity index (χ1v) is 11.0. The summed E-state index contributed by atoms with van der Waals surface area (Å²) in [6.45, 7) is 0.428. The van der Waals surface area contributed by atoms with Crippen LogP contribution in [0, 0.1) is 5.82 Å². The minimum absolute atomic E-state index is 0.228. The Balaban J connectivity index is 1.40. The number of rotatable bonds is 7. The van der Waals surface area contributed by atoms with Crippen molar-refractivity contribution >= 4 is 11.6 Å². The van der Waals surface area contributed by atoms with Crippen molar-refractivity contribution in [3.63, 3.8) is 0 Å². The Kier molecular flexibility index (Phi) is 6.70. The van der Waals surface area contributed by atoms with Gasteiger partial charge in [-0.1, -0.05) is 18.2 Å². The molecule has 34 heavy (non-hydrogen) atoms. The molecule has 1 heterocycles. The molecule has 0 aliphatic rings. The second-order valence-electron chi connectivity index (χ2n) is 8.85. The third kappa shape index (κ3) is 5.85. The van der Waals surface area contributed by atoms with Crippen LogP contribution in [0.5, 0.6) is 11.5 Å². The number of ether oxygens (including phenoxy) is 1. The fraction of sp³-hybridized carbons (Fsp3) is 0.143. The highest BCUT2D eigenvalue weighted by atomic mass is 19.1. The Morgan fingerprint density at radius 3 is 2.09 bits per heavy atom. The number of amides is 1. The van der Waals surface area contributed by atoms with Gasteiger partial charge in [0.05, 0.1) is 26.8 Å². The quantitative estimate of drug-likeness (QED) is 0.357. The van der Waals surface area contributed by atoms with Gasteiger partial charge >= 0.3 is 0 Å². The molecule has 0 bridgehead atoms. The highest BCUT2D eigenvalue weighted by molar-refractivity contribution is 5.92. The Hall–Kier alpha value is -4.03. The summed E-state index contributed by atoms with van der Waals surface area (Å²) in [4.78, 5) is 17.2. The predicted molar refractivity (Wildman–Crippen MR) is 133 cm³/mol. The molecule has 3 aromatic carbocycles. The molecule has 0 aliphatic heterocycles. The number of benzene rings is 3. The van der Waals surface area contributed by atoms with Crippen LogP contribution in [0.15, 0.2) is 91.0 Å². The predicted octanol–water partition coefficient (Wildman–Crippen LogP) is 5.81. The molecule has 0 fully saturated rings. The van der Waals surface area contributed by atoms with E-state index in [1.807, 2.05) is 48.5 Å². The maximum absolute atomic E-state index is 13.1. The van der Waals surface area contributed by atoms with E-state index in [-0.39, 0.29) is 11.7 Å². The monoisotopic (exact) mass is 456 g/mol. The molecule has 1 aromatic heterocycles. The van der Waals surface area contributed by atoms with Crippen molar-refractivity contribution in [1.29, 1.82) is 0 Å². The maximum Gasteiger partial charge on any atom is 0.270 e. The molecule has 0 unspecified atom stereocenters. The molecule has 1 amide bonds. The number of nitrogens with zero attached hydrogens (tertiary/aromatic N) is 2. The maximum atomic E-state index is 13.1. The topological polar surface area (TPSA) is 51.2 Å². The smallest absolute Gasteiger partial charge is 0.270 e. The number of hydrogen-bond donors (Lipinski definition) is 1. The average molecular weight is 457 g/mol. The molecule has 4 aromatic rings. The fourth-order valence-corrected chi connectivity index (χ4v) is 3.39. The lowest BCUT2D eigenvalue weighted by molar-refractivity contribution is 0.0946. The number of nitrogens with one attached hydrogen (secondary N) is 1. The van der Waals surface area contributed by atoms with Gasteiger partial charge in [0.15, 0.2) is 0 Å². The number of pyridine rings is 1. The highest BCUT2D eigenvalue weighted by Gasteiger charge is 2.12. The van der Waals surface area contributed by atoms with E-state index in [4.69, 9.17) is 4.74 Å². The van der Waals surface area contributed by atoms with Gasteiger partial charge in [0.25, 0.3) is 5.91 Å². The molecule has 4 rings (SSSR count). The van der Waals surface area contributed by atoms with Crippen molar-refractivity contribution in [2.45, 2.75) is 6.54 Å². The summed E-state index contributed by atoms with van der Waals surface area (Å²) in [5, 5.41) is 2.94. The van der Waals surface area contributed by atoms with Gasteiger partial charge in [-0.15, -0.1) is 0 Å². The Morgan fingerprint density at radius 1 is 0.853 bits per heavy atom. The molecule has 0 radical (unpaired) electrons. The van der Waals surface area contributed by atoms with Crippen LogP contribution in [0.25, 0.3) is 11.3 Å². The lowest BCUT2D eigenvalue weighted by Crippen LogP contribution is -2.34. The first kappa shape index (κ1) is 23.1. The third-order valence-corrected chi connectivity index (χ3v) is 5.35. The van der Waals surface area contributed by atoms with E-state index in [1.54, 1.807) is 18.2 Å². The molecule has 0 saturated carbocycles. The second-order valence-corrected chi connectivity index (χ2v) is 8.85. The van der Waals surface area contributed by atoms with Gasteiger partial charge in [-0.2, -0.15) is 0 Å². The number of hydrogen-bond acceptors (Lipinski definition) is 3. The lowest BCUT2D eigenvalue weighted by atomic mass is 10.1. The molecular weight excluding hydrogens is 429 g/mol. The van der Waals surface area contributed by atoms with E-state index in [1.165, 1.54) is 17.8 Å². The normalized spacial score (nSPS) is 11.2. The van der Waals surface area contributed by atoms with E-state index < -0.39 is 0 Å². The highest BCUT2D eigenvalue weighted by Crippen LogP contribution is 2.25. The summed E-state index contributed by atoms with van der Waals surface area (Å²) in [6.07, 6.45) is 0. The summed E-state index contributed by atoms with van der Waals surface area (Å²) in [6, 6.07) is 26.8. The van der Waals surface area contributed by atoms with Gasteiger partial charge < -0.3 is 10.1 Å². The molecule has 1 N–H and O–H groups in total. The molecule has 0 atom stereocenters. The van der Waals surface area contributed by atoms with Crippen LogP contribution in [0.3, 0.4) is 0 Å². The van der Waals surface area contributed by atoms with Crippen molar-refractivity contribution in [3.8, 4) is 22.8 Å². The van der Waals surface area contributed by atoms with E-state index in [0.29, 0.717) is 29.4 Å². The first-order chi connectivity index (χ1) is 16.3. The minimum atomic E-state index is -0.310. The Morgan fingerprint density at radius 2 is 1.47 bits per heavy atom. The zero-order valence-electron chi connectivity index (χ0n) is 19.5. The van der Waals surface area contributed by atoms with E-state index >= 15 is 0 Å². The largest absolute Gasteiger partial charge is 0.457 e. The van der Waals surface area contributed by atoms with Crippen molar-refractivity contribution in [2.75, 3.05) is 21.1 Å². The number of quaternary nitrogens is 1. The average Bonchev–Trinajstić information content (AvgIpc) is 2.84. The van der Waals surface area contributed by atoms with Gasteiger partial charge in [0.2, 0.25) is 0 Å². The van der Waals surface area contributed by atoms with E-state index in [0.717, 1.165) is 15.6 Å². The summed E-state index contributed by atoms with van der Waals surface area (Å²) < 4.78 is 19.5. The minimum Gasteiger partial charge on any atom is -0.457 e. The van der Waals surface area contributed by atoms with Crippen LogP contribution in [-0.2, 0) is 6.54 Å². The van der Waals surface area contributed by atoms with E-state index in [9.17, 15) is 9.18 Å². The van der Waals surface area contributed by atoms with Crippen molar-refractivity contribution in [2.24, 2.45) is 0 Å². The van der Waals surface area contributed by atoms with Gasteiger partial charge in [-0.3, -0.25) is 9.28 Å². The molecular formula is C28H27FN3O2+. The molecule has 5 nitrogen and oxygen atoms in total. The molecule has 0 spiro atoms. The summed E-state index contributed by atoms with van der Waals surface area (Å²) in [7, 11) is 6.34. The van der Waals surface area contributed by atoms with Crippen LogP contribution in [0.4, 0.5) is 10.1 Å². The molecule has 6 heteroatoms. The Bertz CT molecular complexity index is 1260. The summed E-state index contributed by atoms with van der Waals surface area (Å²) in [5.41, 5.74) is 4.12.